The third kappa shape index (κ3) is 36.6. The zero-order valence-corrected chi connectivity index (χ0v) is 33.2. The summed E-state index contributed by atoms with van der Waals surface area (Å²) in [4.78, 5) is 34.8. The van der Waals surface area contributed by atoms with Crippen LogP contribution in [-0.2, 0) is 32.7 Å². The first-order valence-electron chi connectivity index (χ1n) is 20.3. The van der Waals surface area contributed by atoms with E-state index in [1.807, 2.05) is 0 Å². The molecule has 10 nitrogen and oxygen atoms in total. The Kier molecular flexibility index (Phi) is 35.7. The first kappa shape index (κ1) is 49.5. The van der Waals surface area contributed by atoms with Gasteiger partial charge in [-0.1, -0.05) is 128 Å². The summed E-state index contributed by atoms with van der Waals surface area (Å²) < 4.78 is 32.6. The van der Waals surface area contributed by atoms with E-state index < -0.39 is 51.8 Å². The van der Waals surface area contributed by atoms with Gasteiger partial charge in [-0.05, 0) is 64.2 Å². The first-order valence-corrected chi connectivity index (χ1v) is 21.8. The van der Waals surface area contributed by atoms with Crippen LogP contribution in [-0.4, -0.2) is 65.7 Å². The molecule has 0 aromatic carbocycles. The Bertz CT molecular complexity index is 910. The standard InChI is InChI=1S/C40H75O10P/c1-3-5-7-9-11-13-15-17-18-20-21-23-25-27-29-31-39(43)47-35-38(36-49-51(45,46)48-34-37(42)33-41)50-40(44)32-30-28-26-24-22-19-16-14-12-10-8-6-4-2/h18,20,22,24,37-38,41-42H,3-17,19,21,23,25-36H2,1-2H3,(H,45,46)/b20-18-,24-22+/t37-,38+/m1/s1. The van der Waals surface area contributed by atoms with Gasteiger partial charge in [0.25, 0.3) is 0 Å². The first-order chi connectivity index (χ1) is 24.7. The molecule has 0 heterocycles. The molecule has 11 heteroatoms. The number of hydrogen-bond acceptors (Lipinski definition) is 9. The Balaban J connectivity index is 4.37. The molecule has 0 spiro atoms. The smallest absolute Gasteiger partial charge is 0.462 e. The summed E-state index contributed by atoms with van der Waals surface area (Å²) in [6, 6.07) is 0. The number of hydrogen-bond donors (Lipinski definition) is 3. The average molecular weight is 747 g/mol. The summed E-state index contributed by atoms with van der Waals surface area (Å²) in [6.45, 7) is 2.33. The van der Waals surface area contributed by atoms with Crippen LogP contribution in [0, 0.1) is 0 Å². The Morgan fingerprint density at radius 2 is 0.961 bits per heavy atom. The molecule has 1 unspecified atom stereocenters. The highest BCUT2D eigenvalue weighted by Gasteiger charge is 2.27. The van der Waals surface area contributed by atoms with E-state index in [0.29, 0.717) is 12.8 Å². The third-order valence-corrected chi connectivity index (χ3v) is 9.53. The van der Waals surface area contributed by atoms with Crippen LogP contribution < -0.4 is 0 Å². The molecule has 0 amide bonds. The maximum Gasteiger partial charge on any atom is 0.472 e. The molecule has 51 heavy (non-hydrogen) atoms. The Morgan fingerprint density at radius 1 is 0.569 bits per heavy atom. The molecule has 3 N–H and O–H groups in total. The van der Waals surface area contributed by atoms with Crippen molar-refractivity contribution in [2.75, 3.05) is 26.4 Å². The monoisotopic (exact) mass is 747 g/mol. The Morgan fingerprint density at radius 3 is 1.45 bits per heavy atom. The molecule has 0 radical (unpaired) electrons. The van der Waals surface area contributed by atoms with Crippen LogP contribution in [0.3, 0.4) is 0 Å². The van der Waals surface area contributed by atoms with Crippen LogP contribution in [0.15, 0.2) is 24.3 Å². The fraction of sp³-hybridized carbons (Fsp3) is 0.850. The molecular weight excluding hydrogens is 671 g/mol. The largest absolute Gasteiger partial charge is 0.472 e. The maximum absolute atomic E-state index is 12.5. The second-order valence-electron chi connectivity index (χ2n) is 13.7. The van der Waals surface area contributed by atoms with Crippen molar-refractivity contribution < 1.29 is 47.8 Å². The van der Waals surface area contributed by atoms with Gasteiger partial charge in [0.15, 0.2) is 6.10 Å². The third-order valence-electron chi connectivity index (χ3n) is 8.58. The maximum atomic E-state index is 12.5. The quantitative estimate of drug-likeness (QED) is 0.0241. The van der Waals surface area contributed by atoms with Gasteiger partial charge in [0.2, 0.25) is 0 Å². The van der Waals surface area contributed by atoms with Crippen molar-refractivity contribution in [2.24, 2.45) is 0 Å². The predicted molar refractivity (Wildman–Crippen MR) is 205 cm³/mol. The van der Waals surface area contributed by atoms with Crippen molar-refractivity contribution in [2.45, 2.75) is 193 Å². The average Bonchev–Trinajstić information content (AvgIpc) is 3.12. The number of unbranched alkanes of at least 4 members (excludes halogenated alkanes) is 20. The lowest BCUT2D eigenvalue weighted by atomic mass is 10.1. The molecule has 0 aliphatic carbocycles. The van der Waals surface area contributed by atoms with E-state index >= 15 is 0 Å². The van der Waals surface area contributed by atoms with Crippen molar-refractivity contribution in [3.05, 3.63) is 24.3 Å². The van der Waals surface area contributed by atoms with E-state index in [1.165, 1.54) is 89.9 Å². The summed E-state index contributed by atoms with van der Waals surface area (Å²) >= 11 is 0. The number of carbonyl (C=O) groups excluding carboxylic acids is 2. The normalized spacial score (nSPS) is 14.2. The van der Waals surface area contributed by atoms with Crippen molar-refractivity contribution in [1.29, 1.82) is 0 Å². The van der Waals surface area contributed by atoms with Crippen LogP contribution in [0.5, 0.6) is 0 Å². The molecule has 0 fully saturated rings. The van der Waals surface area contributed by atoms with E-state index in [2.05, 4.69) is 42.7 Å². The molecule has 300 valence electrons. The summed E-state index contributed by atoms with van der Waals surface area (Å²) in [5, 5.41) is 18.3. The van der Waals surface area contributed by atoms with E-state index in [0.717, 1.165) is 51.4 Å². The summed E-state index contributed by atoms with van der Waals surface area (Å²) in [7, 11) is -4.62. The van der Waals surface area contributed by atoms with Gasteiger partial charge in [-0.25, -0.2) is 4.57 Å². The zero-order valence-electron chi connectivity index (χ0n) is 32.3. The predicted octanol–water partition coefficient (Wildman–Crippen LogP) is 10.2. The highest BCUT2D eigenvalue weighted by molar-refractivity contribution is 7.47. The van der Waals surface area contributed by atoms with Gasteiger partial charge in [0, 0.05) is 12.8 Å². The fourth-order valence-electron chi connectivity index (χ4n) is 5.39. The fourth-order valence-corrected chi connectivity index (χ4v) is 6.18. The number of ether oxygens (including phenoxy) is 2. The van der Waals surface area contributed by atoms with Crippen LogP contribution in [0.1, 0.15) is 181 Å². The molecule has 0 bridgehead atoms. The van der Waals surface area contributed by atoms with Gasteiger partial charge in [-0.15, -0.1) is 0 Å². The molecule has 0 saturated heterocycles. The van der Waals surface area contributed by atoms with Gasteiger partial charge in [-0.3, -0.25) is 18.6 Å². The van der Waals surface area contributed by atoms with Gasteiger partial charge in [0.05, 0.1) is 19.8 Å². The van der Waals surface area contributed by atoms with Crippen molar-refractivity contribution in [1.82, 2.24) is 0 Å². The lowest BCUT2D eigenvalue weighted by Crippen LogP contribution is -2.29. The second-order valence-corrected chi connectivity index (χ2v) is 15.1. The van der Waals surface area contributed by atoms with Crippen LogP contribution in [0.2, 0.25) is 0 Å². The van der Waals surface area contributed by atoms with Crippen molar-refractivity contribution >= 4 is 19.8 Å². The van der Waals surface area contributed by atoms with Gasteiger partial charge >= 0.3 is 19.8 Å². The summed E-state index contributed by atoms with van der Waals surface area (Å²) in [5.74, 6) is -0.962. The molecule has 0 aliphatic heterocycles. The number of carbonyl (C=O) groups is 2. The van der Waals surface area contributed by atoms with Gasteiger partial charge in [-0.2, -0.15) is 0 Å². The number of aliphatic hydroxyl groups excluding tert-OH is 2. The van der Waals surface area contributed by atoms with E-state index in [9.17, 15) is 24.2 Å². The van der Waals surface area contributed by atoms with Crippen LogP contribution in [0.4, 0.5) is 0 Å². The second kappa shape index (κ2) is 36.8. The minimum Gasteiger partial charge on any atom is -0.462 e. The summed E-state index contributed by atoms with van der Waals surface area (Å²) in [5.41, 5.74) is 0. The highest BCUT2D eigenvalue weighted by atomic mass is 31.2. The minimum absolute atomic E-state index is 0.153. The van der Waals surface area contributed by atoms with Crippen molar-refractivity contribution in [3.8, 4) is 0 Å². The number of phosphoric acid groups is 1. The molecule has 0 rings (SSSR count). The van der Waals surface area contributed by atoms with Crippen LogP contribution >= 0.6 is 7.82 Å². The Labute approximate surface area is 310 Å². The Hall–Kier alpha value is -1.55. The van der Waals surface area contributed by atoms with E-state index in [1.54, 1.807) is 0 Å². The number of allylic oxidation sites excluding steroid dienone is 4. The lowest BCUT2D eigenvalue weighted by Gasteiger charge is -2.20. The van der Waals surface area contributed by atoms with E-state index in [-0.39, 0.29) is 19.4 Å². The van der Waals surface area contributed by atoms with Gasteiger partial charge < -0.3 is 24.6 Å². The number of rotatable bonds is 38. The SMILES string of the molecule is CCCCCCCCC/C=C\CCCCCCC(=O)OC[C@@H](COP(=O)(O)OC[C@H](O)CO)OC(=O)CCCC/C=C/CCCCCCCCC. The number of esters is 2. The van der Waals surface area contributed by atoms with E-state index in [4.69, 9.17) is 19.1 Å². The van der Waals surface area contributed by atoms with Gasteiger partial charge in [0.1, 0.15) is 12.7 Å². The number of aliphatic hydroxyl groups is 2. The highest BCUT2D eigenvalue weighted by Crippen LogP contribution is 2.43. The topological polar surface area (TPSA) is 149 Å². The number of phosphoric ester groups is 1. The minimum atomic E-state index is -4.62. The summed E-state index contributed by atoms with van der Waals surface area (Å²) in [6.07, 6.45) is 34.3. The molecule has 0 aromatic heterocycles. The van der Waals surface area contributed by atoms with Crippen molar-refractivity contribution in [3.63, 3.8) is 0 Å². The molecule has 3 atom stereocenters. The van der Waals surface area contributed by atoms with Crippen LogP contribution in [0.25, 0.3) is 0 Å². The molecule has 0 saturated carbocycles. The molecular formula is C40H75O10P. The zero-order chi connectivity index (χ0) is 37.7. The lowest BCUT2D eigenvalue weighted by molar-refractivity contribution is -0.161. The molecule has 0 aromatic rings. The molecule has 0 aliphatic rings.